The van der Waals surface area contributed by atoms with Crippen LogP contribution in [0.25, 0.3) is 10.8 Å². The van der Waals surface area contributed by atoms with Crippen LogP contribution in [0.1, 0.15) is 18.0 Å². The molecule has 2 N–H and O–H groups in total. The molecule has 0 radical (unpaired) electrons. The van der Waals surface area contributed by atoms with Crippen LogP contribution >= 0.6 is 0 Å². The molecule has 0 aliphatic heterocycles. The zero-order valence-corrected chi connectivity index (χ0v) is 8.35. The zero-order valence-electron chi connectivity index (χ0n) is 8.35. The molecule has 0 amide bonds. The van der Waals surface area contributed by atoms with E-state index in [9.17, 15) is 0 Å². The summed E-state index contributed by atoms with van der Waals surface area (Å²) in [6, 6.07) is 16.0. The molecule has 2 rings (SSSR count). The Hall–Kier alpha value is -1.85. The lowest BCUT2D eigenvalue weighted by atomic mass is 9.98. The van der Waals surface area contributed by atoms with Gasteiger partial charge in [-0.1, -0.05) is 42.5 Å². The molecule has 2 aromatic rings. The van der Waals surface area contributed by atoms with Crippen LogP contribution in [0, 0.1) is 11.3 Å². The molecular weight excluding hydrogens is 184 g/mol. The molecule has 0 aromatic heterocycles. The molecular formula is C13H12N2. The van der Waals surface area contributed by atoms with Gasteiger partial charge in [0.15, 0.2) is 0 Å². The highest BCUT2D eigenvalue weighted by Crippen LogP contribution is 2.24. The van der Waals surface area contributed by atoms with Crippen LogP contribution in [0.2, 0.25) is 0 Å². The van der Waals surface area contributed by atoms with E-state index in [4.69, 9.17) is 11.0 Å². The molecule has 2 aromatic carbocycles. The molecule has 0 bridgehead atoms. The van der Waals surface area contributed by atoms with E-state index in [0.29, 0.717) is 6.42 Å². The number of nitrogens with zero attached hydrogens (tertiary/aromatic N) is 1. The van der Waals surface area contributed by atoms with E-state index < -0.39 is 0 Å². The van der Waals surface area contributed by atoms with Crippen molar-refractivity contribution in [3.8, 4) is 6.07 Å². The second-order valence-electron chi connectivity index (χ2n) is 3.54. The lowest BCUT2D eigenvalue weighted by Crippen LogP contribution is -2.09. The molecule has 0 spiro atoms. The van der Waals surface area contributed by atoms with E-state index >= 15 is 0 Å². The minimum absolute atomic E-state index is 0.193. The Morgan fingerprint density at radius 3 is 2.67 bits per heavy atom. The van der Waals surface area contributed by atoms with Gasteiger partial charge in [0.1, 0.15) is 0 Å². The first kappa shape index (κ1) is 9.70. The fourth-order valence-corrected chi connectivity index (χ4v) is 1.78. The van der Waals surface area contributed by atoms with Gasteiger partial charge in [-0.25, -0.2) is 0 Å². The summed E-state index contributed by atoms with van der Waals surface area (Å²) in [5.74, 6) is 0. The Bertz CT molecular complexity index is 506. The number of nitriles is 1. The minimum atomic E-state index is -0.193. The topological polar surface area (TPSA) is 49.8 Å². The van der Waals surface area contributed by atoms with Crippen LogP contribution < -0.4 is 5.73 Å². The molecule has 2 nitrogen and oxygen atoms in total. The average molecular weight is 196 g/mol. The van der Waals surface area contributed by atoms with Crippen LogP contribution in [-0.4, -0.2) is 0 Å². The standard InChI is InChI=1S/C13H12N2/c14-9-8-13(15)12-7-3-5-10-4-1-2-6-11(10)12/h1-7,13H,8,15H2. The van der Waals surface area contributed by atoms with Gasteiger partial charge in [-0.05, 0) is 16.3 Å². The molecule has 74 valence electrons. The predicted octanol–water partition coefficient (Wildman–Crippen LogP) is 2.75. The Kier molecular flexibility index (Phi) is 2.66. The summed E-state index contributed by atoms with van der Waals surface area (Å²) < 4.78 is 0. The lowest BCUT2D eigenvalue weighted by Gasteiger charge is -2.11. The van der Waals surface area contributed by atoms with E-state index in [0.717, 1.165) is 10.9 Å². The van der Waals surface area contributed by atoms with Crippen molar-refractivity contribution in [2.75, 3.05) is 0 Å². The summed E-state index contributed by atoms with van der Waals surface area (Å²) in [5.41, 5.74) is 7.00. The molecule has 0 aliphatic carbocycles. The zero-order chi connectivity index (χ0) is 10.7. The molecule has 0 aliphatic rings. The smallest absolute Gasteiger partial charge is 0.0641 e. The maximum absolute atomic E-state index is 8.64. The van der Waals surface area contributed by atoms with Crippen molar-refractivity contribution in [3.63, 3.8) is 0 Å². The van der Waals surface area contributed by atoms with Crippen LogP contribution in [0.3, 0.4) is 0 Å². The second kappa shape index (κ2) is 4.12. The number of hydrogen-bond acceptors (Lipinski definition) is 2. The minimum Gasteiger partial charge on any atom is -0.323 e. The van der Waals surface area contributed by atoms with Crippen LogP contribution in [0.15, 0.2) is 42.5 Å². The van der Waals surface area contributed by atoms with Crippen molar-refractivity contribution >= 4 is 10.8 Å². The van der Waals surface area contributed by atoms with Gasteiger partial charge < -0.3 is 5.73 Å². The fraction of sp³-hybridized carbons (Fsp3) is 0.154. The quantitative estimate of drug-likeness (QED) is 0.802. The van der Waals surface area contributed by atoms with Gasteiger partial charge in [-0.2, -0.15) is 5.26 Å². The Morgan fingerprint density at radius 2 is 1.87 bits per heavy atom. The average Bonchev–Trinajstić information content (AvgIpc) is 2.28. The SMILES string of the molecule is N#CCC(N)c1cccc2ccccc12. The maximum atomic E-state index is 8.64. The summed E-state index contributed by atoms with van der Waals surface area (Å²) in [6.07, 6.45) is 0.355. The third-order valence-electron chi connectivity index (χ3n) is 2.53. The maximum Gasteiger partial charge on any atom is 0.0641 e. The summed E-state index contributed by atoms with van der Waals surface area (Å²) in [4.78, 5) is 0. The largest absolute Gasteiger partial charge is 0.323 e. The number of nitrogens with two attached hydrogens (primary N) is 1. The number of benzene rings is 2. The van der Waals surface area contributed by atoms with Crippen molar-refractivity contribution in [3.05, 3.63) is 48.0 Å². The van der Waals surface area contributed by atoms with Gasteiger partial charge in [0.25, 0.3) is 0 Å². The fourth-order valence-electron chi connectivity index (χ4n) is 1.78. The Morgan fingerprint density at radius 1 is 1.13 bits per heavy atom. The molecule has 0 fully saturated rings. The third kappa shape index (κ3) is 1.83. The first-order valence-electron chi connectivity index (χ1n) is 4.93. The van der Waals surface area contributed by atoms with Crippen molar-refractivity contribution < 1.29 is 0 Å². The first-order valence-corrected chi connectivity index (χ1v) is 4.93. The van der Waals surface area contributed by atoms with Gasteiger partial charge in [0.2, 0.25) is 0 Å². The first-order chi connectivity index (χ1) is 7.33. The van der Waals surface area contributed by atoms with Gasteiger partial charge in [0.05, 0.1) is 12.5 Å². The number of rotatable bonds is 2. The van der Waals surface area contributed by atoms with E-state index in [1.165, 1.54) is 5.39 Å². The summed E-state index contributed by atoms with van der Waals surface area (Å²) in [5, 5.41) is 11.0. The Labute approximate surface area is 88.9 Å². The molecule has 2 heteroatoms. The lowest BCUT2D eigenvalue weighted by molar-refractivity contribution is 0.755. The molecule has 0 saturated carbocycles. The molecule has 1 atom stereocenters. The molecule has 0 heterocycles. The van der Waals surface area contributed by atoms with Crippen LogP contribution in [0.4, 0.5) is 0 Å². The second-order valence-corrected chi connectivity index (χ2v) is 3.54. The van der Waals surface area contributed by atoms with Crippen molar-refractivity contribution in [2.45, 2.75) is 12.5 Å². The summed E-state index contributed by atoms with van der Waals surface area (Å²) >= 11 is 0. The highest BCUT2D eigenvalue weighted by atomic mass is 14.6. The van der Waals surface area contributed by atoms with Crippen LogP contribution in [-0.2, 0) is 0 Å². The molecule has 15 heavy (non-hydrogen) atoms. The van der Waals surface area contributed by atoms with Crippen molar-refractivity contribution in [1.29, 1.82) is 5.26 Å². The third-order valence-corrected chi connectivity index (χ3v) is 2.53. The van der Waals surface area contributed by atoms with E-state index in [1.807, 2.05) is 30.3 Å². The van der Waals surface area contributed by atoms with Crippen molar-refractivity contribution in [1.82, 2.24) is 0 Å². The van der Waals surface area contributed by atoms with Gasteiger partial charge >= 0.3 is 0 Å². The Balaban J connectivity index is 2.56. The van der Waals surface area contributed by atoms with Crippen LogP contribution in [0.5, 0.6) is 0 Å². The molecule has 1 unspecified atom stereocenters. The molecule has 0 saturated heterocycles. The number of hydrogen-bond donors (Lipinski definition) is 1. The van der Waals surface area contributed by atoms with Crippen molar-refractivity contribution in [2.24, 2.45) is 5.73 Å². The van der Waals surface area contributed by atoms with E-state index in [-0.39, 0.29) is 6.04 Å². The van der Waals surface area contributed by atoms with Gasteiger partial charge in [-0.15, -0.1) is 0 Å². The highest BCUT2D eigenvalue weighted by Gasteiger charge is 2.08. The predicted molar refractivity (Wildman–Crippen MR) is 61.1 cm³/mol. The monoisotopic (exact) mass is 196 g/mol. The van der Waals surface area contributed by atoms with Gasteiger partial charge in [-0.3, -0.25) is 0 Å². The van der Waals surface area contributed by atoms with E-state index in [1.54, 1.807) is 0 Å². The number of fused-ring (bicyclic) bond motifs is 1. The highest BCUT2D eigenvalue weighted by molar-refractivity contribution is 5.86. The van der Waals surface area contributed by atoms with E-state index in [2.05, 4.69) is 18.2 Å². The van der Waals surface area contributed by atoms with Gasteiger partial charge in [0, 0.05) is 6.04 Å². The normalized spacial score (nSPS) is 12.3. The summed E-state index contributed by atoms with van der Waals surface area (Å²) in [6.45, 7) is 0. The summed E-state index contributed by atoms with van der Waals surface area (Å²) in [7, 11) is 0.